The molecule has 3 heterocycles. The van der Waals surface area contributed by atoms with E-state index in [1.807, 2.05) is 47.9 Å². The summed E-state index contributed by atoms with van der Waals surface area (Å²) in [6, 6.07) is 9.96. The second-order valence-electron chi connectivity index (χ2n) is 6.44. The van der Waals surface area contributed by atoms with E-state index in [9.17, 15) is 4.79 Å². The molecular formula is C20H21N3O4S. The van der Waals surface area contributed by atoms with Crippen molar-refractivity contribution in [1.29, 1.82) is 0 Å². The normalized spacial score (nSPS) is 21.5. The molecule has 0 aliphatic carbocycles. The number of hydrogen-bond donors (Lipinski definition) is 1. The van der Waals surface area contributed by atoms with E-state index >= 15 is 0 Å². The molecule has 0 saturated carbocycles. The van der Waals surface area contributed by atoms with Crippen LogP contribution in [0.5, 0.6) is 0 Å². The van der Waals surface area contributed by atoms with E-state index in [2.05, 4.69) is 10.3 Å². The average Bonchev–Trinajstić information content (AvgIpc) is 3.42. The van der Waals surface area contributed by atoms with E-state index in [0.717, 1.165) is 21.9 Å². The van der Waals surface area contributed by atoms with Gasteiger partial charge in [0.05, 0.1) is 12.2 Å². The molecule has 0 bridgehead atoms. The Morgan fingerprint density at radius 2 is 2.14 bits per heavy atom. The number of aryl methyl sites for hydroxylation is 1. The number of amides is 1. The first-order valence-corrected chi connectivity index (χ1v) is 9.64. The number of thiazole rings is 1. The summed E-state index contributed by atoms with van der Waals surface area (Å²) in [5.41, 5.74) is 2.77. The molecule has 7 nitrogen and oxygen atoms in total. The molecule has 146 valence electrons. The fourth-order valence-electron chi connectivity index (χ4n) is 3.11. The lowest BCUT2D eigenvalue weighted by atomic mass is 10.2. The number of nitrogens with one attached hydrogen (secondary N) is 1. The van der Waals surface area contributed by atoms with Gasteiger partial charge in [0.15, 0.2) is 11.3 Å². The summed E-state index contributed by atoms with van der Waals surface area (Å²) < 4.78 is 18.2. The maximum absolute atomic E-state index is 12.7. The number of carbonyl (C=O) groups is 1. The van der Waals surface area contributed by atoms with Crippen LogP contribution in [-0.2, 0) is 14.2 Å². The van der Waals surface area contributed by atoms with Crippen LogP contribution in [0.25, 0.3) is 16.2 Å². The molecule has 1 aromatic carbocycles. The Labute approximate surface area is 166 Å². The number of ether oxygens (including phenoxy) is 3. The number of fused-ring (bicyclic) bond motifs is 1. The molecule has 8 heteroatoms. The summed E-state index contributed by atoms with van der Waals surface area (Å²) in [5, 5.41) is 2.89. The molecule has 1 aliphatic heterocycles. The van der Waals surface area contributed by atoms with Gasteiger partial charge in [-0.25, -0.2) is 4.98 Å². The van der Waals surface area contributed by atoms with E-state index in [1.165, 1.54) is 18.4 Å². The van der Waals surface area contributed by atoms with Crippen molar-refractivity contribution in [2.45, 2.75) is 19.0 Å². The number of rotatable bonds is 6. The standard InChI is InChI=1S/C20H21N3O4S/c1-13-17(18(24)21-12-20(26-3)10-9-16(25-2)27-20)28-19-22-15(11-23(13)19)14-7-5-4-6-8-14/h4-11,16H,12H2,1-3H3,(H,21,24)/t16-,20-/m1/s1. The Kier molecular flexibility index (Phi) is 5.03. The number of benzene rings is 1. The highest BCUT2D eigenvalue weighted by Crippen LogP contribution is 2.28. The van der Waals surface area contributed by atoms with Crippen molar-refractivity contribution < 1.29 is 19.0 Å². The summed E-state index contributed by atoms with van der Waals surface area (Å²) in [6.45, 7) is 2.08. The van der Waals surface area contributed by atoms with Gasteiger partial charge in [0.1, 0.15) is 4.88 Å². The summed E-state index contributed by atoms with van der Waals surface area (Å²) >= 11 is 1.36. The molecule has 28 heavy (non-hydrogen) atoms. The van der Waals surface area contributed by atoms with Crippen LogP contribution in [0.4, 0.5) is 0 Å². The van der Waals surface area contributed by atoms with Crippen LogP contribution < -0.4 is 5.32 Å². The van der Waals surface area contributed by atoms with Gasteiger partial charge in [-0.3, -0.25) is 9.20 Å². The molecular weight excluding hydrogens is 378 g/mol. The average molecular weight is 399 g/mol. The van der Waals surface area contributed by atoms with E-state index in [0.29, 0.717) is 4.88 Å². The summed E-state index contributed by atoms with van der Waals surface area (Å²) in [4.78, 5) is 18.8. The molecule has 0 saturated heterocycles. The van der Waals surface area contributed by atoms with Crippen LogP contribution in [0.1, 0.15) is 15.4 Å². The van der Waals surface area contributed by atoms with E-state index in [-0.39, 0.29) is 12.5 Å². The SMILES string of the molecule is CO[C@H]1C=C[C@@](CNC(=O)c2sc3nc(-c4ccccc4)cn3c2C)(OC)O1. The lowest BCUT2D eigenvalue weighted by molar-refractivity contribution is -0.238. The van der Waals surface area contributed by atoms with Crippen molar-refractivity contribution in [3.05, 3.63) is 59.3 Å². The second kappa shape index (κ2) is 7.48. The largest absolute Gasteiger partial charge is 0.352 e. The monoisotopic (exact) mass is 399 g/mol. The molecule has 2 atom stereocenters. The Morgan fingerprint density at radius 1 is 1.36 bits per heavy atom. The van der Waals surface area contributed by atoms with Crippen molar-refractivity contribution in [3.63, 3.8) is 0 Å². The van der Waals surface area contributed by atoms with Gasteiger partial charge in [0.2, 0.25) is 5.79 Å². The first-order valence-electron chi connectivity index (χ1n) is 8.82. The maximum Gasteiger partial charge on any atom is 0.263 e. The maximum atomic E-state index is 12.7. The quantitative estimate of drug-likeness (QED) is 0.645. The predicted molar refractivity (Wildman–Crippen MR) is 106 cm³/mol. The summed E-state index contributed by atoms with van der Waals surface area (Å²) in [7, 11) is 3.08. The third-order valence-corrected chi connectivity index (χ3v) is 5.88. The zero-order valence-corrected chi connectivity index (χ0v) is 16.7. The van der Waals surface area contributed by atoms with E-state index in [1.54, 1.807) is 19.3 Å². The topological polar surface area (TPSA) is 74.1 Å². The van der Waals surface area contributed by atoms with Gasteiger partial charge in [0.25, 0.3) is 5.91 Å². The van der Waals surface area contributed by atoms with Crippen LogP contribution in [0.3, 0.4) is 0 Å². The number of methoxy groups -OCH3 is 2. The Balaban J connectivity index is 1.51. The summed E-state index contributed by atoms with van der Waals surface area (Å²) in [5.74, 6) is -1.22. The minimum absolute atomic E-state index is 0.174. The van der Waals surface area contributed by atoms with Crippen LogP contribution in [0.2, 0.25) is 0 Å². The zero-order chi connectivity index (χ0) is 19.7. The number of imidazole rings is 1. The molecule has 0 fully saturated rings. The van der Waals surface area contributed by atoms with Gasteiger partial charge in [-0.2, -0.15) is 0 Å². The molecule has 1 amide bonds. The van der Waals surface area contributed by atoms with Crippen molar-refractivity contribution in [2.24, 2.45) is 0 Å². The molecule has 1 N–H and O–H groups in total. The van der Waals surface area contributed by atoms with E-state index < -0.39 is 12.1 Å². The Hall–Kier alpha value is -2.52. The van der Waals surface area contributed by atoms with Gasteiger partial charge in [-0.1, -0.05) is 41.7 Å². The highest BCUT2D eigenvalue weighted by molar-refractivity contribution is 7.19. The van der Waals surface area contributed by atoms with E-state index in [4.69, 9.17) is 14.2 Å². The van der Waals surface area contributed by atoms with Crippen LogP contribution in [0, 0.1) is 6.92 Å². The summed E-state index contributed by atoms with van der Waals surface area (Å²) in [6.07, 6.45) is 4.98. The second-order valence-corrected chi connectivity index (χ2v) is 7.42. The fraction of sp³-hybridized carbons (Fsp3) is 0.300. The van der Waals surface area contributed by atoms with Crippen molar-refractivity contribution >= 4 is 22.2 Å². The number of nitrogens with zero attached hydrogens (tertiary/aromatic N) is 2. The van der Waals surface area contributed by atoms with Crippen LogP contribution in [-0.4, -0.2) is 48.1 Å². The van der Waals surface area contributed by atoms with Gasteiger partial charge < -0.3 is 19.5 Å². The third kappa shape index (κ3) is 3.35. The van der Waals surface area contributed by atoms with Gasteiger partial charge in [-0.05, 0) is 19.1 Å². The van der Waals surface area contributed by atoms with Crippen molar-refractivity contribution in [3.8, 4) is 11.3 Å². The Bertz CT molecular complexity index is 1030. The number of carbonyl (C=O) groups excluding carboxylic acids is 1. The lowest BCUT2D eigenvalue weighted by Gasteiger charge is -2.27. The predicted octanol–water partition coefficient (Wildman–Crippen LogP) is 3.00. The fourth-order valence-corrected chi connectivity index (χ4v) is 4.13. The highest BCUT2D eigenvalue weighted by Gasteiger charge is 2.36. The van der Waals surface area contributed by atoms with Gasteiger partial charge in [0, 0.05) is 31.7 Å². The van der Waals surface area contributed by atoms with Crippen molar-refractivity contribution in [2.75, 3.05) is 20.8 Å². The number of hydrogen-bond acceptors (Lipinski definition) is 6. The molecule has 3 aromatic rings. The van der Waals surface area contributed by atoms with Crippen LogP contribution in [0.15, 0.2) is 48.7 Å². The smallest absolute Gasteiger partial charge is 0.263 e. The minimum atomic E-state index is -1.03. The zero-order valence-electron chi connectivity index (χ0n) is 15.8. The third-order valence-electron chi connectivity index (χ3n) is 4.73. The van der Waals surface area contributed by atoms with Gasteiger partial charge >= 0.3 is 0 Å². The van der Waals surface area contributed by atoms with Gasteiger partial charge in [-0.15, -0.1) is 0 Å². The number of aromatic nitrogens is 2. The first-order chi connectivity index (χ1) is 13.5. The molecule has 0 radical (unpaired) electrons. The lowest BCUT2D eigenvalue weighted by Crippen LogP contribution is -2.44. The molecule has 1 aliphatic rings. The first kappa shape index (κ1) is 18.8. The molecule has 4 rings (SSSR count). The van der Waals surface area contributed by atoms with Crippen LogP contribution >= 0.6 is 11.3 Å². The molecule has 0 unspecified atom stereocenters. The highest BCUT2D eigenvalue weighted by atomic mass is 32.1. The minimum Gasteiger partial charge on any atom is -0.352 e. The van der Waals surface area contributed by atoms with Crippen molar-refractivity contribution in [1.82, 2.24) is 14.7 Å². The Morgan fingerprint density at radius 3 is 2.79 bits per heavy atom. The molecule has 2 aromatic heterocycles. The molecule has 0 spiro atoms.